The molecule has 110 valence electrons. The number of nitrogens with zero attached hydrogens (tertiary/aromatic N) is 1. The summed E-state index contributed by atoms with van der Waals surface area (Å²) in [4.78, 5) is 2.66. The van der Waals surface area contributed by atoms with Crippen LogP contribution in [0.25, 0.3) is 0 Å². The van der Waals surface area contributed by atoms with E-state index in [1.165, 1.54) is 49.9 Å². The SMILES string of the molecule is CC(C)=CC(CCc1ccc(Cl)cc1)N1CCCCC1. The molecule has 1 nitrogen and oxygen atoms in total. The van der Waals surface area contributed by atoms with Crippen LogP contribution < -0.4 is 0 Å². The van der Waals surface area contributed by atoms with Crippen LogP contribution in [-0.4, -0.2) is 24.0 Å². The van der Waals surface area contributed by atoms with E-state index < -0.39 is 0 Å². The highest BCUT2D eigenvalue weighted by atomic mass is 35.5. The molecule has 1 unspecified atom stereocenters. The number of benzene rings is 1. The van der Waals surface area contributed by atoms with Crippen LogP contribution in [0.3, 0.4) is 0 Å². The van der Waals surface area contributed by atoms with E-state index in [1.807, 2.05) is 12.1 Å². The van der Waals surface area contributed by atoms with Gasteiger partial charge in [-0.2, -0.15) is 0 Å². The van der Waals surface area contributed by atoms with Gasteiger partial charge in [-0.3, -0.25) is 4.90 Å². The number of piperidine rings is 1. The van der Waals surface area contributed by atoms with E-state index in [-0.39, 0.29) is 0 Å². The summed E-state index contributed by atoms with van der Waals surface area (Å²) in [6, 6.07) is 8.88. The molecule has 0 radical (unpaired) electrons. The van der Waals surface area contributed by atoms with Crippen LogP contribution >= 0.6 is 11.6 Å². The van der Waals surface area contributed by atoms with Gasteiger partial charge in [-0.25, -0.2) is 0 Å². The monoisotopic (exact) mass is 291 g/mol. The molecule has 1 aliphatic heterocycles. The number of allylic oxidation sites excluding steroid dienone is 1. The second kappa shape index (κ2) is 7.85. The van der Waals surface area contributed by atoms with Gasteiger partial charge in [-0.15, -0.1) is 0 Å². The molecule has 0 bridgehead atoms. The standard InChI is InChI=1S/C18H26ClN/c1-15(2)14-18(20-12-4-3-5-13-20)11-8-16-6-9-17(19)10-7-16/h6-7,9-10,14,18H,3-5,8,11-13H2,1-2H3. The highest BCUT2D eigenvalue weighted by molar-refractivity contribution is 6.30. The van der Waals surface area contributed by atoms with Crippen molar-refractivity contribution in [3.8, 4) is 0 Å². The Bertz CT molecular complexity index is 425. The molecule has 0 aliphatic carbocycles. The fourth-order valence-electron chi connectivity index (χ4n) is 2.97. The molecule has 1 heterocycles. The lowest BCUT2D eigenvalue weighted by atomic mass is 10.00. The van der Waals surface area contributed by atoms with Gasteiger partial charge in [0, 0.05) is 11.1 Å². The molecule has 0 N–H and O–H groups in total. The summed E-state index contributed by atoms with van der Waals surface area (Å²) in [6.45, 7) is 6.93. The average Bonchev–Trinajstić information content (AvgIpc) is 2.46. The zero-order valence-electron chi connectivity index (χ0n) is 12.7. The van der Waals surface area contributed by atoms with Crippen molar-refractivity contribution < 1.29 is 0 Å². The van der Waals surface area contributed by atoms with E-state index in [4.69, 9.17) is 11.6 Å². The smallest absolute Gasteiger partial charge is 0.0406 e. The van der Waals surface area contributed by atoms with Crippen LogP contribution in [0.2, 0.25) is 5.02 Å². The Morgan fingerprint density at radius 2 is 1.80 bits per heavy atom. The molecule has 0 spiro atoms. The maximum Gasteiger partial charge on any atom is 0.0406 e. The first-order valence-corrected chi connectivity index (χ1v) is 8.16. The van der Waals surface area contributed by atoms with Crippen LogP contribution in [0.4, 0.5) is 0 Å². The van der Waals surface area contributed by atoms with Crippen LogP contribution in [0.15, 0.2) is 35.9 Å². The molecular formula is C18H26ClN. The molecule has 1 aromatic carbocycles. The third kappa shape index (κ3) is 4.96. The number of hydrogen-bond donors (Lipinski definition) is 0. The van der Waals surface area contributed by atoms with E-state index in [0.29, 0.717) is 6.04 Å². The fraction of sp³-hybridized carbons (Fsp3) is 0.556. The van der Waals surface area contributed by atoms with Crippen LogP contribution in [0, 0.1) is 0 Å². The van der Waals surface area contributed by atoms with Crippen molar-refractivity contribution in [3.05, 3.63) is 46.5 Å². The maximum absolute atomic E-state index is 5.95. The highest BCUT2D eigenvalue weighted by Crippen LogP contribution is 2.19. The Morgan fingerprint density at radius 3 is 2.40 bits per heavy atom. The number of hydrogen-bond acceptors (Lipinski definition) is 1. The van der Waals surface area contributed by atoms with E-state index >= 15 is 0 Å². The lowest BCUT2D eigenvalue weighted by Gasteiger charge is -2.33. The Hall–Kier alpha value is -0.790. The van der Waals surface area contributed by atoms with Gasteiger partial charge in [0.15, 0.2) is 0 Å². The number of rotatable bonds is 5. The zero-order chi connectivity index (χ0) is 14.4. The molecule has 2 rings (SSSR count). The minimum absolute atomic E-state index is 0.593. The van der Waals surface area contributed by atoms with Gasteiger partial charge in [0.1, 0.15) is 0 Å². The summed E-state index contributed by atoms with van der Waals surface area (Å²) in [5, 5.41) is 0.825. The largest absolute Gasteiger partial charge is 0.297 e. The Kier molecular flexibility index (Phi) is 6.12. The molecule has 1 aliphatic rings. The van der Waals surface area contributed by atoms with Crippen molar-refractivity contribution in [2.75, 3.05) is 13.1 Å². The first kappa shape index (κ1) is 15.6. The second-order valence-electron chi connectivity index (χ2n) is 6.07. The first-order chi connectivity index (χ1) is 9.65. The molecule has 0 aromatic heterocycles. The predicted octanol–water partition coefficient (Wildman–Crippen LogP) is 5.09. The predicted molar refractivity (Wildman–Crippen MR) is 88.4 cm³/mol. The van der Waals surface area contributed by atoms with Crippen LogP contribution in [-0.2, 0) is 6.42 Å². The molecular weight excluding hydrogens is 266 g/mol. The number of likely N-dealkylation sites (tertiary alicyclic amines) is 1. The van der Waals surface area contributed by atoms with Crippen molar-refractivity contribution in [1.82, 2.24) is 4.90 Å². The fourth-order valence-corrected chi connectivity index (χ4v) is 3.10. The summed E-state index contributed by atoms with van der Waals surface area (Å²) in [6.07, 6.45) is 8.88. The Labute approximate surface area is 128 Å². The first-order valence-electron chi connectivity index (χ1n) is 7.78. The molecule has 1 saturated heterocycles. The lowest BCUT2D eigenvalue weighted by Crippen LogP contribution is -2.38. The van der Waals surface area contributed by atoms with E-state index in [1.54, 1.807) is 0 Å². The van der Waals surface area contributed by atoms with Crippen LogP contribution in [0.5, 0.6) is 0 Å². The summed E-state index contributed by atoms with van der Waals surface area (Å²) >= 11 is 5.95. The third-order valence-electron chi connectivity index (χ3n) is 4.03. The maximum atomic E-state index is 5.95. The van der Waals surface area contributed by atoms with Gasteiger partial charge in [0.05, 0.1) is 0 Å². The van der Waals surface area contributed by atoms with Gasteiger partial charge >= 0.3 is 0 Å². The molecule has 1 atom stereocenters. The summed E-state index contributed by atoms with van der Waals surface area (Å²) in [5.41, 5.74) is 2.82. The van der Waals surface area contributed by atoms with Crippen LogP contribution in [0.1, 0.15) is 45.1 Å². The van der Waals surface area contributed by atoms with Gasteiger partial charge in [-0.05, 0) is 70.3 Å². The zero-order valence-corrected chi connectivity index (χ0v) is 13.5. The summed E-state index contributed by atoms with van der Waals surface area (Å²) < 4.78 is 0. The number of aryl methyl sites for hydroxylation is 1. The summed E-state index contributed by atoms with van der Waals surface area (Å²) in [5.74, 6) is 0. The molecule has 2 heteroatoms. The minimum atomic E-state index is 0.593. The van der Waals surface area contributed by atoms with Crippen molar-refractivity contribution in [2.45, 2.75) is 52.0 Å². The van der Waals surface area contributed by atoms with Crippen molar-refractivity contribution in [1.29, 1.82) is 0 Å². The quantitative estimate of drug-likeness (QED) is 0.683. The molecule has 20 heavy (non-hydrogen) atoms. The second-order valence-corrected chi connectivity index (χ2v) is 6.51. The molecule has 1 fully saturated rings. The van der Waals surface area contributed by atoms with E-state index in [2.05, 4.69) is 37.0 Å². The van der Waals surface area contributed by atoms with Gasteiger partial charge in [0.2, 0.25) is 0 Å². The van der Waals surface area contributed by atoms with Gasteiger partial charge in [-0.1, -0.05) is 41.8 Å². The van der Waals surface area contributed by atoms with E-state index in [9.17, 15) is 0 Å². The molecule has 0 amide bonds. The molecule has 1 aromatic rings. The van der Waals surface area contributed by atoms with Crippen molar-refractivity contribution >= 4 is 11.6 Å². The number of halogens is 1. The normalized spacial score (nSPS) is 17.8. The van der Waals surface area contributed by atoms with Crippen molar-refractivity contribution in [2.24, 2.45) is 0 Å². The Morgan fingerprint density at radius 1 is 1.15 bits per heavy atom. The van der Waals surface area contributed by atoms with E-state index in [0.717, 1.165) is 11.4 Å². The molecule has 0 saturated carbocycles. The topological polar surface area (TPSA) is 3.24 Å². The van der Waals surface area contributed by atoms with Gasteiger partial charge in [0.25, 0.3) is 0 Å². The lowest BCUT2D eigenvalue weighted by molar-refractivity contribution is 0.183. The van der Waals surface area contributed by atoms with Crippen molar-refractivity contribution in [3.63, 3.8) is 0 Å². The van der Waals surface area contributed by atoms with Gasteiger partial charge < -0.3 is 0 Å². The Balaban J connectivity index is 1.96. The average molecular weight is 292 g/mol. The third-order valence-corrected chi connectivity index (χ3v) is 4.28. The minimum Gasteiger partial charge on any atom is -0.297 e. The summed E-state index contributed by atoms with van der Waals surface area (Å²) in [7, 11) is 0. The highest BCUT2D eigenvalue weighted by Gasteiger charge is 2.18.